The molecule has 1 aliphatic rings. The maximum atomic E-state index is 15.1. The van der Waals surface area contributed by atoms with Crippen LogP contribution in [0.2, 0.25) is 0 Å². The molecule has 3 N–H and O–H groups in total. The molecule has 1 fully saturated rings. The third kappa shape index (κ3) is 6.16. The monoisotopic (exact) mass is 589 g/mol. The van der Waals surface area contributed by atoms with Crippen LogP contribution < -0.4 is 15.8 Å². The molecule has 1 aromatic carbocycles. The van der Waals surface area contributed by atoms with Crippen LogP contribution in [0, 0.1) is 11.6 Å². The molecule has 1 aliphatic heterocycles. The van der Waals surface area contributed by atoms with Gasteiger partial charge in [-0.25, -0.2) is 23.4 Å². The third-order valence-corrected chi connectivity index (χ3v) is 6.38. The highest BCUT2D eigenvalue weighted by molar-refractivity contribution is 6.05. The van der Waals surface area contributed by atoms with E-state index in [0.29, 0.717) is 38.0 Å². The first kappa shape index (κ1) is 28.9. The van der Waals surface area contributed by atoms with Crippen molar-refractivity contribution in [3.05, 3.63) is 83.4 Å². The zero-order valence-electron chi connectivity index (χ0n) is 22.0. The number of nitrogens with one attached hydrogen (secondary N) is 1. The van der Waals surface area contributed by atoms with Gasteiger partial charge in [0.1, 0.15) is 11.6 Å². The molecular weight excluding hydrogens is 565 g/mol. The molecular formula is C27H24F5N7O3. The second-order valence-corrected chi connectivity index (χ2v) is 9.42. The van der Waals surface area contributed by atoms with Crippen LogP contribution >= 0.6 is 0 Å². The quantitative estimate of drug-likeness (QED) is 0.295. The summed E-state index contributed by atoms with van der Waals surface area (Å²) in [5.74, 6) is -3.71. The number of carbonyl (C=O) groups is 1. The van der Waals surface area contributed by atoms with Gasteiger partial charge in [-0.3, -0.25) is 9.69 Å². The van der Waals surface area contributed by atoms with Crippen LogP contribution in [0.4, 0.5) is 33.5 Å². The Morgan fingerprint density at radius 1 is 1.14 bits per heavy atom. The van der Waals surface area contributed by atoms with Gasteiger partial charge in [-0.05, 0) is 37.3 Å². The number of halogens is 5. The second-order valence-electron chi connectivity index (χ2n) is 9.42. The smallest absolute Gasteiger partial charge is 0.434 e. The third-order valence-electron chi connectivity index (χ3n) is 6.38. The number of amides is 1. The number of carbonyl (C=O) groups excluding carboxylic acids is 1. The second kappa shape index (κ2) is 11.7. The minimum absolute atomic E-state index is 0.0268. The molecule has 4 aromatic rings. The Hall–Kier alpha value is -4.63. The molecule has 0 saturated carbocycles. The fraction of sp³-hybridized carbons (Fsp3) is 0.259. The largest absolute Gasteiger partial charge is 0.454 e. The Balaban J connectivity index is 1.36. The number of alkyl halides is 3. The molecule has 220 valence electrons. The Labute approximate surface area is 235 Å². The van der Waals surface area contributed by atoms with Crippen LogP contribution in [0.15, 0.2) is 55.0 Å². The number of hydrogen-bond acceptors (Lipinski definition) is 8. The van der Waals surface area contributed by atoms with Crippen LogP contribution in [0.25, 0.3) is 5.82 Å². The van der Waals surface area contributed by atoms with E-state index in [-0.39, 0.29) is 33.8 Å². The summed E-state index contributed by atoms with van der Waals surface area (Å²) in [6, 6.07) is 6.98. The van der Waals surface area contributed by atoms with Gasteiger partial charge in [0.05, 0.1) is 30.0 Å². The van der Waals surface area contributed by atoms with Crippen molar-refractivity contribution >= 4 is 17.4 Å². The summed E-state index contributed by atoms with van der Waals surface area (Å²) in [5, 5.41) is 5.74. The van der Waals surface area contributed by atoms with Crippen molar-refractivity contribution in [3.8, 4) is 17.3 Å². The average Bonchev–Trinajstić information content (AvgIpc) is 3.38. The summed E-state index contributed by atoms with van der Waals surface area (Å²) in [6.45, 7) is 4.19. The van der Waals surface area contributed by atoms with E-state index >= 15 is 4.39 Å². The van der Waals surface area contributed by atoms with Gasteiger partial charge in [-0.1, -0.05) is 0 Å². The molecule has 4 heterocycles. The number of hydrogen-bond donors (Lipinski definition) is 2. The van der Waals surface area contributed by atoms with E-state index in [1.54, 1.807) is 0 Å². The highest BCUT2D eigenvalue weighted by Crippen LogP contribution is 2.35. The van der Waals surface area contributed by atoms with E-state index < -0.39 is 40.8 Å². The number of anilines is 2. The molecule has 0 spiro atoms. The molecule has 0 radical (unpaired) electrons. The highest BCUT2D eigenvalue weighted by atomic mass is 19.4. The first-order valence-corrected chi connectivity index (χ1v) is 12.6. The molecule has 1 amide bonds. The van der Waals surface area contributed by atoms with Crippen molar-refractivity contribution in [3.63, 3.8) is 0 Å². The Bertz CT molecular complexity index is 1610. The average molecular weight is 590 g/mol. The van der Waals surface area contributed by atoms with Crippen molar-refractivity contribution in [2.75, 3.05) is 30.7 Å². The highest BCUT2D eigenvalue weighted by Gasteiger charge is 2.41. The number of aromatic nitrogens is 4. The van der Waals surface area contributed by atoms with Crippen LogP contribution in [-0.4, -0.2) is 56.4 Å². The van der Waals surface area contributed by atoms with E-state index in [9.17, 15) is 22.4 Å². The lowest BCUT2D eigenvalue weighted by Gasteiger charge is -2.31. The van der Waals surface area contributed by atoms with Crippen LogP contribution in [-0.2, 0) is 17.5 Å². The predicted octanol–water partition coefficient (Wildman–Crippen LogP) is 4.81. The number of morpholine rings is 1. The molecule has 1 saturated heterocycles. The first-order chi connectivity index (χ1) is 20.0. The number of pyridine rings is 2. The minimum atomic E-state index is -5.10. The van der Waals surface area contributed by atoms with Crippen molar-refractivity contribution in [1.82, 2.24) is 24.6 Å². The van der Waals surface area contributed by atoms with Gasteiger partial charge in [-0.15, -0.1) is 0 Å². The molecule has 1 atom stereocenters. The van der Waals surface area contributed by atoms with Crippen molar-refractivity contribution in [1.29, 1.82) is 0 Å². The number of nitrogens with zero attached hydrogens (tertiary/aromatic N) is 5. The van der Waals surface area contributed by atoms with Gasteiger partial charge in [-0.2, -0.15) is 18.3 Å². The fourth-order valence-electron chi connectivity index (χ4n) is 4.46. The molecule has 0 bridgehead atoms. The van der Waals surface area contributed by atoms with E-state index in [1.807, 2.05) is 6.92 Å². The Kier molecular flexibility index (Phi) is 8.04. The minimum Gasteiger partial charge on any atom is -0.454 e. The number of ether oxygens (including phenoxy) is 2. The predicted molar refractivity (Wildman–Crippen MR) is 140 cm³/mol. The Morgan fingerprint density at radius 3 is 2.67 bits per heavy atom. The number of benzene rings is 1. The van der Waals surface area contributed by atoms with Gasteiger partial charge in [0, 0.05) is 43.8 Å². The SMILES string of the molecule is C[C@@H]1CN(Cc2c(Oc3ccc(NC(=O)c4cnn(-c5ncccc5F)c4C(F)(F)F)cc3F)ccnc2N)CCO1. The van der Waals surface area contributed by atoms with E-state index in [0.717, 1.165) is 18.3 Å². The topological polar surface area (TPSA) is 120 Å². The summed E-state index contributed by atoms with van der Waals surface area (Å²) in [7, 11) is 0. The van der Waals surface area contributed by atoms with E-state index in [4.69, 9.17) is 15.2 Å². The zero-order valence-corrected chi connectivity index (χ0v) is 22.0. The zero-order chi connectivity index (χ0) is 30.0. The fourth-order valence-corrected chi connectivity index (χ4v) is 4.46. The summed E-state index contributed by atoms with van der Waals surface area (Å²) < 4.78 is 82.5. The van der Waals surface area contributed by atoms with Crippen molar-refractivity contribution in [2.24, 2.45) is 0 Å². The summed E-state index contributed by atoms with van der Waals surface area (Å²) in [4.78, 5) is 22.6. The molecule has 0 aliphatic carbocycles. The van der Waals surface area contributed by atoms with Gasteiger partial charge in [0.15, 0.2) is 28.9 Å². The lowest BCUT2D eigenvalue weighted by Crippen LogP contribution is -2.40. The molecule has 42 heavy (non-hydrogen) atoms. The molecule has 0 unspecified atom stereocenters. The number of rotatable bonds is 7. The summed E-state index contributed by atoms with van der Waals surface area (Å²) >= 11 is 0. The van der Waals surface area contributed by atoms with Crippen molar-refractivity contribution in [2.45, 2.75) is 25.7 Å². The van der Waals surface area contributed by atoms with Gasteiger partial charge >= 0.3 is 6.18 Å². The number of nitrogen functional groups attached to an aromatic ring is 1. The standard InChI is InChI=1S/C27H24F5N7O3/c1-15-13-38(9-10-41-15)14-18-21(6-8-34-24(18)33)42-22-5-4-16(11-20(22)29)37-26(40)17-12-36-39(23(17)27(30,31)32)25-19(28)3-2-7-35-25/h2-8,11-12,15H,9-10,13-14H2,1H3,(H2,33,34)(H,37,40)/t15-/m1/s1. The van der Waals surface area contributed by atoms with Crippen LogP contribution in [0.3, 0.4) is 0 Å². The normalized spacial score (nSPS) is 15.9. The summed E-state index contributed by atoms with van der Waals surface area (Å²) in [5.41, 5.74) is 4.01. The summed E-state index contributed by atoms with van der Waals surface area (Å²) in [6.07, 6.45) is -1.94. The number of nitrogens with two attached hydrogens (primary N) is 1. The molecule has 10 nitrogen and oxygen atoms in total. The molecule has 15 heteroatoms. The van der Waals surface area contributed by atoms with Gasteiger partial charge in [0.2, 0.25) is 0 Å². The van der Waals surface area contributed by atoms with Gasteiger partial charge in [0.25, 0.3) is 5.91 Å². The lowest BCUT2D eigenvalue weighted by atomic mass is 10.2. The van der Waals surface area contributed by atoms with Crippen LogP contribution in [0.5, 0.6) is 11.5 Å². The van der Waals surface area contributed by atoms with E-state index in [1.165, 1.54) is 30.5 Å². The van der Waals surface area contributed by atoms with E-state index in [2.05, 4.69) is 25.3 Å². The molecule has 5 rings (SSSR count). The van der Waals surface area contributed by atoms with Gasteiger partial charge < -0.3 is 20.5 Å². The maximum absolute atomic E-state index is 15.1. The lowest BCUT2D eigenvalue weighted by molar-refractivity contribution is -0.143. The molecule has 3 aromatic heterocycles. The first-order valence-electron chi connectivity index (χ1n) is 12.6. The Morgan fingerprint density at radius 2 is 1.95 bits per heavy atom. The van der Waals surface area contributed by atoms with Crippen molar-refractivity contribution < 1.29 is 36.2 Å². The van der Waals surface area contributed by atoms with Crippen LogP contribution in [0.1, 0.15) is 28.5 Å². The maximum Gasteiger partial charge on any atom is 0.434 e.